The van der Waals surface area contributed by atoms with Gasteiger partial charge in [0.1, 0.15) is 12.6 Å². The quantitative estimate of drug-likeness (QED) is 0.694. The molecule has 0 heterocycles. The molecule has 0 aromatic heterocycles. The van der Waals surface area contributed by atoms with Crippen LogP contribution in [0.3, 0.4) is 0 Å². The van der Waals surface area contributed by atoms with Crippen molar-refractivity contribution in [2.75, 3.05) is 12.4 Å². The molecule has 1 atom stereocenters. The van der Waals surface area contributed by atoms with E-state index in [2.05, 4.69) is 30.1 Å². The molecule has 1 amide bonds. The summed E-state index contributed by atoms with van der Waals surface area (Å²) in [6.07, 6.45) is -0.487. The molecule has 1 aliphatic rings. The SMILES string of the molecule is O=C(NC(CCS)C(=O)O)OCC1c2ccccc2-c2ccccc21. The van der Waals surface area contributed by atoms with Crippen LogP contribution in [0, 0.1) is 0 Å². The third kappa shape index (κ3) is 3.64. The lowest BCUT2D eigenvalue weighted by atomic mass is 9.98. The van der Waals surface area contributed by atoms with Crippen LogP contribution in [0.25, 0.3) is 11.1 Å². The Hall–Kier alpha value is -2.47. The van der Waals surface area contributed by atoms with E-state index < -0.39 is 18.1 Å². The van der Waals surface area contributed by atoms with Gasteiger partial charge in [-0.1, -0.05) is 48.5 Å². The number of amides is 1. The van der Waals surface area contributed by atoms with E-state index >= 15 is 0 Å². The van der Waals surface area contributed by atoms with Gasteiger partial charge < -0.3 is 15.2 Å². The number of hydrogen-bond acceptors (Lipinski definition) is 4. The second-order valence-corrected chi connectivity index (χ2v) is 6.32. The molecule has 2 N–H and O–H groups in total. The minimum atomic E-state index is -1.09. The molecule has 5 nitrogen and oxygen atoms in total. The van der Waals surface area contributed by atoms with Gasteiger partial charge >= 0.3 is 12.1 Å². The van der Waals surface area contributed by atoms with Crippen molar-refractivity contribution in [3.05, 3.63) is 59.7 Å². The van der Waals surface area contributed by atoms with E-state index in [1.807, 2.05) is 36.4 Å². The van der Waals surface area contributed by atoms with Crippen LogP contribution in [-0.2, 0) is 9.53 Å². The number of rotatable bonds is 6. The van der Waals surface area contributed by atoms with Gasteiger partial charge in [-0.3, -0.25) is 0 Å². The van der Waals surface area contributed by atoms with E-state index in [-0.39, 0.29) is 18.9 Å². The van der Waals surface area contributed by atoms with Crippen molar-refractivity contribution >= 4 is 24.7 Å². The molecule has 0 fully saturated rings. The summed E-state index contributed by atoms with van der Waals surface area (Å²) in [5, 5.41) is 11.5. The van der Waals surface area contributed by atoms with Crippen LogP contribution in [-0.4, -0.2) is 35.6 Å². The summed E-state index contributed by atoms with van der Waals surface area (Å²) in [7, 11) is 0. The Bertz CT molecular complexity index is 747. The molecule has 0 radical (unpaired) electrons. The maximum atomic E-state index is 12.0. The van der Waals surface area contributed by atoms with Crippen LogP contribution in [0.5, 0.6) is 0 Å². The summed E-state index contributed by atoms with van der Waals surface area (Å²) < 4.78 is 5.33. The molecule has 2 aromatic carbocycles. The molecular weight excluding hydrogens is 338 g/mol. The minimum Gasteiger partial charge on any atom is -0.480 e. The normalized spacial score (nSPS) is 13.6. The van der Waals surface area contributed by atoms with Crippen molar-refractivity contribution in [2.45, 2.75) is 18.4 Å². The topological polar surface area (TPSA) is 75.6 Å². The van der Waals surface area contributed by atoms with E-state index in [0.29, 0.717) is 5.75 Å². The molecule has 25 heavy (non-hydrogen) atoms. The first-order chi connectivity index (χ1) is 12.1. The Labute approximate surface area is 151 Å². The van der Waals surface area contributed by atoms with E-state index in [9.17, 15) is 9.59 Å². The molecular formula is C19H19NO4S. The summed E-state index contributed by atoms with van der Waals surface area (Å²) in [5.41, 5.74) is 4.51. The monoisotopic (exact) mass is 357 g/mol. The number of alkyl carbamates (subject to hydrolysis) is 1. The van der Waals surface area contributed by atoms with Gasteiger partial charge in [-0.2, -0.15) is 12.6 Å². The summed E-state index contributed by atoms with van der Waals surface area (Å²) in [4.78, 5) is 23.1. The molecule has 1 unspecified atom stereocenters. The predicted octanol–water partition coefficient (Wildman–Crippen LogP) is 3.30. The van der Waals surface area contributed by atoms with Crippen molar-refractivity contribution in [2.24, 2.45) is 0 Å². The lowest BCUT2D eigenvalue weighted by molar-refractivity contribution is -0.139. The van der Waals surface area contributed by atoms with Gasteiger partial charge in [0, 0.05) is 5.92 Å². The van der Waals surface area contributed by atoms with Gasteiger partial charge in [0.05, 0.1) is 0 Å². The first-order valence-corrected chi connectivity index (χ1v) is 8.70. The predicted molar refractivity (Wildman–Crippen MR) is 98.1 cm³/mol. The molecule has 130 valence electrons. The number of aliphatic carboxylic acids is 1. The number of fused-ring (bicyclic) bond motifs is 3. The molecule has 1 aliphatic carbocycles. The van der Waals surface area contributed by atoms with Crippen molar-refractivity contribution < 1.29 is 19.4 Å². The van der Waals surface area contributed by atoms with Crippen molar-refractivity contribution in [1.82, 2.24) is 5.32 Å². The van der Waals surface area contributed by atoms with Gasteiger partial charge in [0.15, 0.2) is 0 Å². The Morgan fingerprint density at radius 3 is 2.16 bits per heavy atom. The lowest BCUT2D eigenvalue weighted by Gasteiger charge is -2.17. The number of carboxylic acid groups (broad SMARTS) is 1. The zero-order chi connectivity index (χ0) is 17.8. The first-order valence-electron chi connectivity index (χ1n) is 8.07. The highest BCUT2D eigenvalue weighted by atomic mass is 32.1. The Kier molecular flexibility index (Phi) is 5.28. The number of carboxylic acids is 1. The molecule has 0 saturated heterocycles. The smallest absolute Gasteiger partial charge is 0.407 e. The highest BCUT2D eigenvalue weighted by Crippen LogP contribution is 2.44. The van der Waals surface area contributed by atoms with Crippen molar-refractivity contribution in [3.8, 4) is 11.1 Å². The molecule has 6 heteroatoms. The third-order valence-electron chi connectivity index (χ3n) is 4.35. The van der Waals surface area contributed by atoms with Crippen LogP contribution >= 0.6 is 12.6 Å². The van der Waals surface area contributed by atoms with Gasteiger partial charge in [0.2, 0.25) is 0 Å². The van der Waals surface area contributed by atoms with E-state index in [1.54, 1.807) is 0 Å². The number of carbonyl (C=O) groups excluding carboxylic acids is 1. The molecule has 3 rings (SSSR count). The number of nitrogens with one attached hydrogen (secondary N) is 1. The molecule has 0 spiro atoms. The van der Waals surface area contributed by atoms with Crippen LogP contribution < -0.4 is 5.32 Å². The molecule has 0 bridgehead atoms. The zero-order valence-corrected chi connectivity index (χ0v) is 14.4. The second kappa shape index (κ2) is 7.61. The lowest BCUT2D eigenvalue weighted by Crippen LogP contribution is -2.41. The van der Waals surface area contributed by atoms with Gasteiger partial charge in [0.25, 0.3) is 0 Å². The summed E-state index contributed by atoms with van der Waals surface area (Å²) in [6.45, 7) is 0.160. The van der Waals surface area contributed by atoms with Crippen molar-refractivity contribution in [3.63, 3.8) is 0 Å². The summed E-state index contributed by atoms with van der Waals surface area (Å²) >= 11 is 4.01. The maximum absolute atomic E-state index is 12.0. The fourth-order valence-electron chi connectivity index (χ4n) is 3.17. The van der Waals surface area contributed by atoms with Gasteiger partial charge in [-0.15, -0.1) is 0 Å². The summed E-state index contributed by atoms with van der Waals surface area (Å²) in [6, 6.07) is 15.1. The number of hydrogen-bond donors (Lipinski definition) is 3. The third-order valence-corrected chi connectivity index (χ3v) is 4.61. The molecule has 2 aromatic rings. The van der Waals surface area contributed by atoms with Crippen LogP contribution in [0.15, 0.2) is 48.5 Å². The summed E-state index contributed by atoms with van der Waals surface area (Å²) in [5.74, 6) is -0.783. The number of thiol groups is 1. The van der Waals surface area contributed by atoms with Gasteiger partial charge in [-0.05, 0) is 34.4 Å². The number of ether oxygens (including phenoxy) is 1. The second-order valence-electron chi connectivity index (χ2n) is 5.87. The highest BCUT2D eigenvalue weighted by Gasteiger charge is 2.29. The zero-order valence-electron chi connectivity index (χ0n) is 13.5. The average molecular weight is 357 g/mol. The van der Waals surface area contributed by atoms with Gasteiger partial charge in [-0.25, -0.2) is 9.59 Å². The highest BCUT2D eigenvalue weighted by molar-refractivity contribution is 7.80. The standard InChI is InChI=1S/C19H19NO4S/c21-18(22)17(9-10-25)20-19(23)24-11-16-14-7-3-1-5-12(14)13-6-2-4-8-15(13)16/h1-8,16-17,25H,9-11H2,(H,20,23)(H,21,22). The van der Waals surface area contributed by atoms with Crippen LogP contribution in [0.2, 0.25) is 0 Å². The Morgan fingerprint density at radius 2 is 1.64 bits per heavy atom. The van der Waals surface area contributed by atoms with E-state index in [4.69, 9.17) is 9.84 Å². The average Bonchev–Trinajstić information content (AvgIpc) is 2.93. The largest absolute Gasteiger partial charge is 0.480 e. The fraction of sp³-hybridized carbons (Fsp3) is 0.263. The van der Waals surface area contributed by atoms with E-state index in [1.165, 1.54) is 0 Å². The molecule has 0 saturated carbocycles. The Balaban J connectivity index is 1.71. The number of carbonyl (C=O) groups is 2. The van der Waals surface area contributed by atoms with Crippen LogP contribution in [0.4, 0.5) is 4.79 Å². The maximum Gasteiger partial charge on any atom is 0.407 e. The fourth-order valence-corrected chi connectivity index (χ4v) is 3.43. The molecule has 0 aliphatic heterocycles. The Morgan fingerprint density at radius 1 is 1.08 bits per heavy atom. The number of benzene rings is 2. The van der Waals surface area contributed by atoms with Crippen LogP contribution in [0.1, 0.15) is 23.5 Å². The van der Waals surface area contributed by atoms with Crippen molar-refractivity contribution in [1.29, 1.82) is 0 Å². The van der Waals surface area contributed by atoms with E-state index in [0.717, 1.165) is 22.3 Å². The first kappa shape index (κ1) is 17.4. The minimum absolute atomic E-state index is 0.0497.